The van der Waals surface area contributed by atoms with Crippen molar-refractivity contribution in [1.82, 2.24) is 34.5 Å². The number of nitrogens with zero attached hydrogens (tertiary/aromatic N) is 7. The minimum Gasteiger partial charge on any atom is -0.337 e. The second-order valence-corrected chi connectivity index (χ2v) is 15.4. The standard InChI is InChI=1S/C38H37Cl2FN8O/c1-18-26-15-31(30-14-24(49-20(3)45-19(2)46-49)17-47(30)38(50)21-9-10-21)48(36-23-13-29(36)43-16-23)37(26)27-12-22(6-5-11-42)32(34(41)35(27)44-18)25-7-4-8-28(39)33(25)40/h4,7-8,12,15,21,23-24,29-30,36,43H,5-6,9-10,13-14,16-17H2,1-3H3. The Hall–Kier alpha value is -4.04. The molecule has 0 radical (unpaired) electrons. The number of nitrogens with one attached hydrogen (secondary N) is 1. The third-order valence-electron chi connectivity index (χ3n) is 11.5. The van der Waals surface area contributed by atoms with Crippen LogP contribution in [-0.2, 0) is 11.2 Å². The fourth-order valence-electron chi connectivity index (χ4n) is 9.06. The van der Waals surface area contributed by atoms with Crippen molar-refractivity contribution in [1.29, 1.82) is 5.26 Å². The zero-order valence-electron chi connectivity index (χ0n) is 28.2. The van der Waals surface area contributed by atoms with Crippen LogP contribution in [0.4, 0.5) is 4.39 Å². The average Bonchev–Trinajstić information content (AvgIpc) is 3.48. The lowest BCUT2D eigenvalue weighted by Crippen LogP contribution is -2.41. The van der Waals surface area contributed by atoms with Crippen molar-refractivity contribution in [3.63, 3.8) is 0 Å². The summed E-state index contributed by atoms with van der Waals surface area (Å²) >= 11 is 13.1. The van der Waals surface area contributed by atoms with Gasteiger partial charge in [-0.1, -0.05) is 35.3 Å². The predicted molar refractivity (Wildman–Crippen MR) is 191 cm³/mol. The number of rotatable bonds is 7. The van der Waals surface area contributed by atoms with Crippen molar-refractivity contribution in [2.45, 2.75) is 83.5 Å². The lowest BCUT2D eigenvalue weighted by molar-refractivity contribution is -0.133. The third kappa shape index (κ3) is 4.80. The number of amides is 1. The van der Waals surface area contributed by atoms with Gasteiger partial charge in [-0.15, -0.1) is 0 Å². The second kappa shape index (κ2) is 11.8. The number of fused-ring (bicyclic) bond motifs is 4. The van der Waals surface area contributed by atoms with Gasteiger partial charge in [0.25, 0.3) is 0 Å². The first-order chi connectivity index (χ1) is 24.1. The van der Waals surface area contributed by atoms with E-state index in [4.69, 9.17) is 33.3 Å². The van der Waals surface area contributed by atoms with Gasteiger partial charge in [0.2, 0.25) is 5.91 Å². The molecule has 3 aliphatic heterocycles. The summed E-state index contributed by atoms with van der Waals surface area (Å²) in [4.78, 5) is 25.6. The molecule has 5 atom stereocenters. The van der Waals surface area contributed by atoms with E-state index in [1.165, 1.54) is 0 Å². The molecule has 6 heterocycles. The van der Waals surface area contributed by atoms with Crippen molar-refractivity contribution in [3.05, 3.63) is 74.8 Å². The van der Waals surface area contributed by atoms with Gasteiger partial charge in [-0.25, -0.2) is 19.0 Å². The van der Waals surface area contributed by atoms with Gasteiger partial charge >= 0.3 is 0 Å². The minimum absolute atomic E-state index is 0.0115. The van der Waals surface area contributed by atoms with Gasteiger partial charge in [-0.3, -0.25) is 4.79 Å². The first-order valence-corrected chi connectivity index (χ1v) is 18.3. The first kappa shape index (κ1) is 31.9. The molecule has 12 heteroatoms. The van der Waals surface area contributed by atoms with Crippen molar-refractivity contribution in [2.75, 3.05) is 13.1 Å². The van der Waals surface area contributed by atoms with Gasteiger partial charge in [0, 0.05) is 64.8 Å². The molecule has 50 heavy (non-hydrogen) atoms. The molecular weight excluding hydrogens is 674 g/mol. The van der Waals surface area contributed by atoms with E-state index in [-0.39, 0.29) is 53.0 Å². The number of halogens is 3. The fraction of sp³-hybridized carbons (Fsp3) is 0.447. The Morgan fingerprint density at radius 3 is 2.62 bits per heavy atom. The van der Waals surface area contributed by atoms with Crippen LogP contribution in [0.3, 0.4) is 0 Å². The van der Waals surface area contributed by atoms with Crippen molar-refractivity contribution in [3.8, 4) is 17.2 Å². The quantitative estimate of drug-likeness (QED) is 0.185. The smallest absolute Gasteiger partial charge is 0.226 e. The van der Waals surface area contributed by atoms with E-state index < -0.39 is 5.82 Å². The Kier molecular flexibility index (Phi) is 7.50. The molecule has 3 saturated heterocycles. The number of hydrogen-bond donors (Lipinski definition) is 1. The molecule has 256 valence electrons. The van der Waals surface area contributed by atoms with Gasteiger partial charge in [0.15, 0.2) is 5.82 Å². The predicted octanol–water partition coefficient (Wildman–Crippen LogP) is 7.73. The zero-order chi connectivity index (χ0) is 34.6. The van der Waals surface area contributed by atoms with Crippen LogP contribution in [0.25, 0.3) is 32.9 Å². The summed E-state index contributed by atoms with van der Waals surface area (Å²) in [6.07, 6.45) is 4.18. The van der Waals surface area contributed by atoms with Gasteiger partial charge in [0.05, 0.1) is 39.8 Å². The molecule has 5 fully saturated rings. The molecule has 10 rings (SSSR count). The largest absolute Gasteiger partial charge is 0.337 e. The summed E-state index contributed by atoms with van der Waals surface area (Å²) in [6.45, 7) is 7.29. The summed E-state index contributed by atoms with van der Waals surface area (Å²) in [5.41, 5.74) is 4.46. The SMILES string of the molecule is Cc1nc(C)n(C2CC(c3cc4c(C)nc5c(F)c(-c6cccc(Cl)c6Cl)c(CCC#N)cc5c4n3C3C4CNC3C4)N(C(=O)C3CC3)C2)n1. The lowest BCUT2D eigenvalue weighted by Gasteiger charge is -2.39. The molecule has 3 aromatic heterocycles. The number of likely N-dealkylation sites (tertiary alicyclic amines) is 1. The summed E-state index contributed by atoms with van der Waals surface area (Å²) in [6, 6.07) is 11.9. The highest BCUT2D eigenvalue weighted by Gasteiger charge is 2.51. The van der Waals surface area contributed by atoms with E-state index in [9.17, 15) is 10.1 Å². The van der Waals surface area contributed by atoms with Crippen molar-refractivity contribution >= 4 is 50.9 Å². The molecule has 2 aliphatic carbocycles. The van der Waals surface area contributed by atoms with E-state index >= 15 is 4.39 Å². The van der Waals surface area contributed by atoms with Crippen LogP contribution < -0.4 is 5.32 Å². The molecule has 9 nitrogen and oxygen atoms in total. The number of benzene rings is 2. The molecule has 2 bridgehead atoms. The fourth-order valence-corrected chi connectivity index (χ4v) is 9.46. The van der Waals surface area contributed by atoms with E-state index in [0.717, 1.165) is 59.7 Å². The third-order valence-corrected chi connectivity index (χ3v) is 12.3. The molecule has 1 N–H and O–H groups in total. The van der Waals surface area contributed by atoms with Crippen LogP contribution >= 0.6 is 23.2 Å². The van der Waals surface area contributed by atoms with Gasteiger partial charge in [-0.05, 0) is 82.6 Å². The van der Waals surface area contributed by atoms with Crippen LogP contribution in [0.15, 0.2) is 30.3 Å². The molecule has 1 amide bonds. The van der Waals surface area contributed by atoms with Gasteiger partial charge in [-0.2, -0.15) is 10.4 Å². The summed E-state index contributed by atoms with van der Waals surface area (Å²) in [5, 5.41) is 20.3. The molecule has 5 aliphatic rings. The summed E-state index contributed by atoms with van der Waals surface area (Å²) in [5.74, 6) is 1.78. The number of carbonyl (C=O) groups is 1. The Balaban J connectivity index is 1.30. The molecule has 5 aromatic rings. The highest BCUT2D eigenvalue weighted by Crippen LogP contribution is 2.52. The topological polar surface area (TPSA) is 105 Å². The van der Waals surface area contributed by atoms with Crippen molar-refractivity contribution in [2.24, 2.45) is 11.8 Å². The van der Waals surface area contributed by atoms with Crippen LogP contribution in [0.2, 0.25) is 10.0 Å². The maximum Gasteiger partial charge on any atom is 0.226 e. The summed E-state index contributed by atoms with van der Waals surface area (Å²) < 4.78 is 21.6. The molecule has 2 aromatic carbocycles. The van der Waals surface area contributed by atoms with Gasteiger partial charge < -0.3 is 14.8 Å². The Labute approximate surface area is 299 Å². The minimum atomic E-state index is -0.475. The normalized spacial score (nSPS) is 24.3. The second-order valence-electron chi connectivity index (χ2n) is 14.6. The maximum atomic E-state index is 17.2. The number of nitriles is 1. The number of carbonyl (C=O) groups excluding carboxylic acids is 1. The van der Waals surface area contributed by atoms with E-state index in [1.54, 1.807) is 18.2 Å². The molecule has 2 saturated carbocycles. The average molecular weight is 712 g/mol. The number of hydrogen-bond acceptors (Lipinski definition) is 6. The highest BCUT2D eigenvalue weighted by atomic mass is 35.5. The Morgan fingerprint density at radius 2 is 1.94 bits per heavy atom. The monoisotopic (exact) mass is 710 g/mol. The summed E-state index contributed by atoms with van der Waals surface area (Å²) in [7, 11) is 0. The van der Waals surface area contributed by atoms with Gasteiger partial charge in [0.1, 0.15) is 17.2 Å². The van der Waals surface area contributed by atoms with Crippen molar-refractivity contribution < 1.29 is 9.18 Å². The Bertz CT molecular complexity index is 2270. The van der Waals surface area contributed by atoms with Crippen LogP contribution in [0.5, 0.6) is 0 Å². The van der Waals surface area contributed by atoms with Crippen LogP contribution in [-0.4, -0.2) is 54.3 Å². The van der Waals surface area contributed by atoms with E-state index in [2.05, 4.69) is 31.9 Å². The number of aromatic nitrogens is 5. The number of aryl methyl sites for hydroxylation is 4. The van der Waals surface area contributed by atoms with Crippen LogP contribution in [0.1, 0.15) is 78.8 Å². The zero-order valence-corrected chi connectivity index (χ0v) is 29.7. The maximum absolute atomic E-state index is 17.2. The highest BCUT2D eigenvalue weighted by molar-refractivity contribution is 6.43. The van der Waals surface area contributed by atoms with E-state index in [1.807, 2.05) is 31.5 Å². The molecule has 5 unspecified atom stereocenters. The van der Waals surface area contributed by atoms with E-state index in [0.29, 0.717) is 52.4 Å². The Morgan fingerprint density at radius 1 is 1.12 bits per heavy atom. The first-order valence-electron chi connectivity index (χ1n) is 17.6. The molecule has 0 spiro atoms. The van der Waals surface area contributed by atoms with Crippen LogP contribution in [0, 0.1) is 49.8 Å². The molecular formula is C38H37Cl2FN8O. The number of pyridine rings is 1. The lowest BCUT2D eigenvalue weighted by atomic mass is 9.79.